The van der Waals surface area contributed by atoms with Gasteiger partial charge in [-0.2, -0.15) is 5.10 Å². The topological polar surface area (TPSA) is 43.8 Å². The number of aryl methyl sites for hydroxylation is 2. The minimum Gasteiger partial charge on any atom is -0.321 e. The highest BCUT2D eigenvalue weighted by Gasteiger charge is 2.23. The van der Waals surface area contributed by atoms with Crippen LogP contribution in [0.3, 0.4) is 0 Å². The molecule has 0 aliphatic heterocycles. The zero-order valence-electron chi connectivity index (χ0n) is 11.4. The van der Waals surface area contributed by atoms with Crippen molar-refractivity contribution in [2.24, 2.45) is 12.8 Å². The van der Waals surface area contributed by atoms with E-state index in [4.69, 9.17) is 5.73 Å². The first kappa shape index (κ1) is 12.8. The van der Waals surface area contributed by atoms with E-state index in [1.807, 2.05) is 29.9 Å². The van der Waals surface area contributed by atoms with Crippen molar-refractivity contribution in [1.82, 2.24) is 9.78 Å². The molecule has 0 fully saturated rings. The highest BCUT2D eigenvalue weighted by atomic mass is 15.3. The Morgan fingerprint density at radius 1 is 1.28 bits per heavy atom. The summed E-state index contributed by atoms with van der Waals surface area (Å²) in [6.07, 6.45) is 1.75. The van der Waals surface area contributed by atoms with E-state index in [0.29, 0.717) is 0 Å². The molecule has 0 aliphatic carbocycles. The fourth-order valence-electron chi connectivity index (χ4n) is 2.21. The van der Waals surface area contributed by atoms with Crippen LogP contribution >= 0.6 is 0 Å². The number of benzene rings is 1. The Bertz CT molecular complexity index is 512. The molecule has 0 saturated carbocycles. The van der Waals surface area contributed by atoms with Crippen molar-refractivity contribution in [2.75, 3.05) is 0 Å². The van der Waals surface area contributed by atoms with Gasteiger partial charge < -0.3 is 5.73 Å². The van der Waals surface area contributed by atoms with Gasteiger partial charge in [-0.25, -0.2) is 0 Å². The number of aromatic nitrogens is 2. The first-order valence-electron chi connectivity index (χ1n) is 6.39. The van der Waals surface area contributed by atoms with Crippen molar-refractivity contribution in [3.63, 3.8) is 0 Å². The van der Waals surface area contributed by atoms with E-state index in [1.165, 1.54) is 5.69 Å². The maximum Gasteiger partial charge on any atom is 0.0624 e. The molecule has 1 aromatic heterocycles. The van der Waals surface area contributed by atoms with Crippen LogP contribution in [0.2, 0.25) is 0 Å². The standard InChI is InChI=1S/C15H21N3/c1-4-13-10-14(18(3)17-13)11-15(2,16)12-8-6-5-7-9-12/h5-10H,4,11,16H2,1-3H3. The van der Waals surface area contributed by atoms with Gasteiger partial charge in [0.2, 0.25) is 0 Å². The third kappa shape index (κ3) is 2.62. The Morgan fingerprint density at radius 3 is 2.50 bits per heavy atom. The molecule has 0 aliphatic rings. The lowest BCUT2D eigenvalue weighted by molar-refractivity contribution is 0.472. The maximum absolute atomic E-state index is 6.45. The van der Waals surface area contributed by atoms with Crippen molar-refractivity contribution in [3.8, 4) is 0 Å². The molecule has 18 heavy (non-hydrogen) atoms. The largest absolute Gasteiger partial charge is 0.321 e. The van der Waals surface area contributed by atoms with Gasteiger partial charge in [0, 0.05) is 24.7 Å². The van der Waals surface area contributed by atoms with Gasteiger partial charge in [0.25, 0.3) is 0 Å². The van der Waals surface area contributed by atoms with Crippen LogP contribution in [0.15, 0.2) is 36.4 Å². The lowest BCUT2D eigenvalue weighted by Crippen LogP contribution is -2.36. The summed E-state index contributed by atoms with van der Waals surface area (Å²) in [5, 5.41) is 4.47. The zero-order chi connectivity index (χ0) is 13.2. The molecule has 1 aromatic carbocycles. The summed E-state index contributed by atoms with van der Waals surface area (Å²) in [6.45, 7) is 4.19. The summed E-state index contributed by atoms with van der Waals surface area (Å²) >= 11 is 0. The highest BCUT2D eigenvalue weighted by Crippen LogP contribution is 2.22. The molecule has 96 valence electrons. The summed E-state index contributed by atoms with van der Waals surface area (Å²) in [5.74, 6) is 0. The average Bonchev–Trinajstić information content (AvgIpc) is 2.71. The smallest absolute Gasteiger partial charge is 0.0624 e. The van der Waals surface area contributed by atoms with Crippen LogP contribution in [0.4, 0.5) is 0 Å². The SMILES string of the molecule is CCc1cc(CC(C)(N)c2ccccc2)n(C)n1. The first-order valence-corrected chi connectivity index (χ1v) is 6.39. The minimum atomic E-state index is -0.361. The Hall–Kier alpha value is -1.61. The molecule has 0 bridgehead atoms. The summed E-state index contributed by atoms with van der Waals surface area (Å²) in [5.41, 5.74) is 9.55. The monoisotopic (exact) mass is 243 g/mol. The predicted octanol–water partition coefficient (Wildman–Crippen LogP) is 2.40. The Kier molecular flexibility index (Phi) is 3.53. The van der Waals surface area contributed by atoms with E-state index in [0.717, 1.165) is 24.1 Å². The number of hydrogen-bond acceptors (Lipinski definition) is 2. The third-order valence-corrected chi connectivity index (χ3v) is 3.37. The van der Waals surface area contributed by atoms with E-state index in [9.17, 15) is 0 Å². The molecule has 1 atom stereocenters. The molecule has 0 spiro atoms. The van der Waals surface area contributed by atoms with Gasteiger partial charge in [0.1, 0.15) is 0 Å². The fourth-order valence-corrected chi connectivity index (χ4v) is 2.21. The second-order valence-corrected chi connectivity index (χ2v) is 5.06. The van der Waals surface area contributed by atoms with Crippen LogP contribution in [0, 0.1) is 0 Å². The van der Waals surface area contributed by atoms with Crippen LogP contribution in [-0.2, 0) is 25.4 Å². The second-order valence-electron chi connectivity index (χ2n) is 5.06. The second kappa shape index (κ2) is 4.94. The highest BCUT2D eigenvalue weighted by molar-refractivity contribution is 5.26. The van der Waals surface area contributed by atoms with E-state index < -0.39 is 0 Å². The molecule has 0 radical (unpaired) electrons. The van der Waals surface area contributed by atoms with Gasteiger partial charge in [0.15, 0.2) is 0 Å². The molecule has 2 aromatic rings. The lowest BCUT2D eigenvalue weighted by Gasteiger charge is -2.25. The molecule has 0 amide bonds. The van der Waals surface area contributed by atoms with Crippen molar-refractivity contribution >= 4 is 0 Å². The number of hydrogen-bond donors (Lipinski definition) is 1. The number of nitrogens with zero attached hydrogens (tertiary/aromatic N) is 2. The molecule has 3 nitrogen and oxygen atoms in total. The quantitative estimate of drug-likeness (QED) is 0.896. The maximum atomic E-state index is 6.45. The molecule has 1 heterocycles. The number of nitrogens with two attached hydrogens (primary N) is 1. The van der Waals surface area contributed by atoms with Gasteiger partial charge in [0.05, 0.1) is 5.69 Å². The van der Waals surface area contributed by atoms with E-state index in [2.05, 4.69) is 37.1 Å². The zero-order valence-corrected chi connectivity index (χ0v) is 11.4. The van der Waals surface area contributed by atoms with E-state index >= 15 is 0 Å². The molecule has 0 saturated heterocycles. The Morgan fingerprint density at radius 2 is 1.94 bits per heavy atom. The van der Waals surface area contributed by atoms with E-state index in [1.54, 1.807) is 0 Å². The summed E-state index contributed by atoms with van der Waals surface area (Å²) in [4.78, 5) is 0. The number of rotatable bonds is 4. The van der Waals surface area contributed by atoms with Crippen LogP contribution < -0.4 is 5.73 Å². The minimum absolute atomic E-state index is 0.361. The average molecular weight is 243 g/mol. The summed E-state index contributed by atoms with van der Waals surface area (Å²) in [7, 11) is 1.98. The molecule has 2 rings (SSSR count). The predicted molar refractivity (Wildman–Crippen MR) is 74.3 cm³/mol. The van der Waals surface area contributed by atoms with Crippen LogP contribution in [0.1, 0.15) is 30.8 Å². The summed E-state index contributed by atoms with van der Waals surface area (Å²) in [6, 6.07) is 12.4. The van der Waals surface area contributed by atoms with E-state index in [-0.39, 0.29) is 5.54 Å². The molecule has 2 N–H and O–H groups in total. The van der Waals surface area contributed by atoms with Crippen molar-refractivity contribution in [2.45, 2.75) is 32.2 Å². The van der Waals surface area contributed by atoms with Crippen molar-refractivity contribution < 1.29 is 0 Å². The van der Waals surface area contributed by atoms with Gasteiger partial charge >= 0.3 is 0 Å². The van der Waals surface area contributed by atoms with Crippen LogP contribution in [-0.4, -0.2) is 9.78 Å². The van der Waals surface area contributed by atoms with Crippen molar-refractivity contribution in [1.29, 1.82) is 0 Å². The van der Waals surface area contributed by atoms with Crippen LogP contribution in [0.5, 0.6) is 0 Å². The first-order chi connectivity index (χ1) is 8.53. The lowest BCUT2D eigenvalue weighted by atomic mass is 9.88. The van der Waals surface area contributed by atoms with Crippen molar-refractivity contribution in [3.05, 3.63) is 53.3 Å². The van der Waals surface area contributed by atoms with Gasteiger partial charge in [-0.3, -0.25) is 4.68 Å². The normalized spacial score (nSPS) is 14.4. The molecular formula is C15H21N3. The van der Waals surface area contributed by atoms with Crippen LogP contribution in [0.25, 0.3) is 0 Å². The molecular weight excluding hydrogens is 222 g/mol. The molecule has 1 unspecified atom stereocenters. The third-order valence-electron chi connectivity index (χ3n) is 3.37. The Balaban J connectivity index is 2.24. The Labute approximate surface area is 109 Å². The van der Waals surface area contributed by atoms with Gasteiger partial charge in [-0.1, -0.05) is 37.3 Å². The molecule has 3 heteroatoms. The summed E-state index contributed by atoms with van der Waals surface area (Å²) < 4.78 is 1.94. The van der Waals surface area contributed by atoms with Gasteiger partial charge in [-0.05, 0) is 25.0 Å². The van der Waals surface area contributed by atoms with Gasteiger partial charge in [-0.15, -0.1) is 0 Å². The fraction of sp³-hybridized carbons (Fsp3) is 0.400.